The Kier molecular flexibility index (Phi) is 20.3. The molecule has 0 saturated carbocycles. The van der Waals surface area contributed by atoms with Crippen LogP contribution in [0.5, 0.6) is 0 Å². The molecule has 0 atom stereocenters. The van der Waals surface area contributed by atoms with E-state index in [2.05, 4.69) is 10.6 Å². The van der Waals surface area contributed by atoms with Gasteiger partial charge in [-0.05, 0) is 0 Å². The van der Waals surface area contributed by atoms with Crippen molar-refractivity contribution in [3.63, 3.8) is 0 Å². The highest BCUT2D eigenvalue weighted by Gasteiger charge is 1.83. The zero-order valence-corrected chi connectivity index (χ0v) is 7.29. The van der Waals surface area contributed by atoms with Crippen molar-refractivity contribution in [3.8, 4) is 0 Å². The van der Waals surface area contributed by atoms with Crippen LogP contribution in [0.15, 0.2) is 0 Å². The van der Waals surface area contributed by atoms with Crippen LogP contribution in [0.1, 0.15) is 0 Å². The second kappa shape index (κ2) is 17.0. The average molecular weight is 180 g/mol. The quantitative estimate of drug-likeness (QED) is 0.155. The van der Waals surface area contributed by atoms with E-state index >= 15 is 0 Å². The van der Waals surface area contributed by atoms with Gasteiger partial charge < -0.3 is 22.1 Å². The Bertz CT molecular complexity index is 57.5. The smallest absolute Gasteiger partial charge is 0.00772 e. The summed E-state index contributed by atoms with van der Waals surface area (Å²) >= 11 is 0. The summed E-state index contributed by atoms with van der Waals surface area (Å²) in [5.41, 5.74) is 10.5. The van der Waals surface area contributed by atoms with Crippen LogP contribution in [0.4, 0.5) is 0 Å². The van der Waals surface area contributed by atoms with Crippen molar-refractivity contribution in [2.75, 3.05) is 39.3 Å². The maximum Gasteiger partial charge on any atom is 0.00772 e. The summed E-state index contributed by atoms with van der Waals surface area (Å²) in [6.07, 6.45) is 0. The lowest BCUT2D eigenvalue weighted by Crippen LogP contribution is -2.32. The summed E-state index contributed by atoms with van der Waals surface area (Å²) in [5, 5.41) is 18.3. The SMILES string of the molecule is NCCNCCNCCN.OO. The fourth-order valence-corrected chi connectivity index (χ4v) is 0.631. The van der Waals surface area contributed by atoms with Gasteiger partial charge >= 0.3 is 0 Å². The fourth-order valence-electron chi connectivity index (χ4n) is 0.631. The third-order valence-electron chi connectivity index (χ3n) is 1.12. The van der Waals surface area contributed by atoms with Gasteiger partial charge in [0.25, 0.3) is 0 Å². The molecular formula is C6H20N4O2. The summed E-state index contributed by atoms with van der Waals surface area (Å²) in [6, 6.07) is 0. The van der Waals surface area contributed by atoms with Crippen LogP contribution >= 0.6 is 0 Å². The molecule has 0 aliphatic rings. The van der Waals surface area contributed by atoms with Gasteiger partial charge in [0.2, 0.25) is 0 Å². The van der Waals surface area contributed by atoms with Crippen LogP contribution < -0.4 is 22.1 Å². The normalized spacial score (nSPS) is 9.00. The van der Waals surface area contributed by atoms with E-state index in [0.717, 1.165) is 26.2 Å². The molecule has 0 saturated heterocycles. The van der Waals surface area contributed by atoms with E-state index in [-0.39, 0.29) is 0 Å². The molecule has 6 nitrogen and oxygen atoms in total. The van der Waals surface area contributed by atoms with E-state index in [4.69, 9.17) is 22.0 Å². The zero-order valence-electron chi connectivity index (χ0n) is 7.29. The molecule has 0 rings (SSSR count). The van der Waals surface area contributed by atoms with Crippen LogP contribution in [0.25, 0.3) is 0 Å². The van der Waals surface area contributed by atoms with Crippen molar-refractivity contribution in [2.45, 2.75) is 0 Å². The second-order valence-corrected chi connectivity index (χ2v) is 2.08. The van der Waals surface area contributed by atoms with Gasteiger partial charge in [-0.15, -0.1) is 0 Å². The number of hydrogen-bond donors (Lipinski definition) is 6. The van der Waals surface area contributed by atoms with E-state index in [1.807, 2.05) is 0 Å². The minimum Gasteiger partial charge on any atom is -0.329 e. The minimum absolute atomic E-state index is 0.705. The summed E-state index contributed by atoms with van der Waals surface area (Å²) in [6.45, 7) is 5.14. The van der Waals surface area contributed by atoms with E-state index in [1.54, 1.807) is 0 Å². The van der Waals surface area contributed by atoms with Crippen molar-refractivity contribution < 1.29 is 10.5 Å². The molecular weight excluding hydrogens is 160 g/mol. The number of rotatable bonds is 7. The Morgan fingerprint density at radius 3 is 1.33 bits per heavy atom. The highest BCUT2D eigenvalue weighted by molar-refractivity contribution is 4.51. The van der Waals surface area contributed by atoms with Gasteiger partial charge in [-0.25, -0.2) is 0 Å². The standard InChI is InChI=1S/C6H18N4.H2O2/c7-1-3-9-5-6-10-4-2-8;1-2/h9-10H,1-8H2;1-2H. The van der Waals surface area contributed by atoms with E-state index in [1.165, 1.54) is 0 Å². The molecule has 8 N–H and O–H groups in total. The third kappa shape index (κ3) is 16.4. The first-order valence-corrected chi connectivity index (χ1v) is 3.93. The fraction of sp³-hybridized carbons (Fsp3) is 1.00. The summed E-state index contributed by atoms with van der Waals surface area (Å²) in [5.74, 6) is 0. The number of nitrogens with two attached hydrogens (primary N) is 2. The van der Waals surface area contributed by atoms with Crippen LogP contribution in [-0.2, 0) is 0 Å². The summed E-state index contributed by atoms with van der Waals surface area (Å²) < 4.78 is 0. The molecule has 76 valence electrons. The third-order valence-corrected chi connectivity index (χ3v) is 1.12. The first-order chi connectivity index (χ1) is 5.91. The van der Waals surface area contributed by atoms with Gasteiger partial charge in [-0.3, -0.25) is 10.5 Å². The highest BCUT2D eigenvalue weighted by Crippen LogP contribution is 1.57. The van der Waals surface area contributed by atoms with E-state index in [0.29, 0.717) is 13.1 Å². The van der Waals surface area contributed by atoms with Gasteiger partial charge in [0, 0.05) is 39.3 Å². The lowest BCUT2D eigenvalue weighted by Gasteiger charge is -2.03. The van der Waals surface area contributed by atoms with Crippen LogP contribution in [-0.4, -0.2) is 49.8 Å². The van der Waals surface area contributed by atoms with Crippen molar-refractivity contribution in [3.05, 3.63) is 0 Å². The lowest BCUT2D eigenvalue weighted by atomic mass is 10.5. The van der Waals surface area contributed by atoms with Gasteiger partial charge in [0.15, 0.2) is 0 Å². The minimum atomic E-state index is 0.705. The Balaban J connectivity index is 0. The summed E-state index contributed by atoms with van der Waals surface area (Å²) in [4.78, 5) is 0. The Morgan fingerprint density at radius 1 is 0.750 bits per heavy atom. The topological polar surface area (TPSA) is 117 Å². The zero-order chi connectivity index (χ0) is 9.66. The monoisotopic (exact) mass is 180 g/mol. The van der Waals surface area contributed by atoms with Gasteiger partial charge in [0.1, 0.15) is 0 Å². The highest BCUT2D eigenvalue weighted by atomic mass is 17.0. The molecule has 0 bridgehead atoms. The van der Waals surface area contributed by atoms with E-state index < -0.39 is 0 Å². The number of nitrogens with one attached hydrogen (secondary N) is 2. The maximum absolute atomic E-state index is 6.00. The average Bonchev–Trinajstić information content (AvgIpc) is 2.15. The molecule has 0 aromatic rings. The number of hydrogen-bond acceptors (Lipinski definition) is 6. The van der Waals surface area contributed by atoms with Crippen LogP contribution in [0.2, 0.25) is 0 Å². The van der Waals surface area contributed by atoms with Crippen LogP contribution in [0.3, 0.4) is 0 Å². The molecule has 0 aromatic heterocycles. The summed E-state index contributed by atoms with van der Waals surface area (Å²) in [7, 11) is 0. The van der Waals surface area contributed by atoms with Gasteiger partial charge in [-0.2, -0.15) is 0 Å². The second-order valence-electron chi connectivity index (χ2n) is 2.08. The predicted molar refractivity (Wildman–Crippen MR) is 49.1 cm³/mol. The lowest BCUT2D eigenvalue weighted by molar-refractivity contribution is -0.176. The van der Waals surface area contributed by atoms with E-state index in [9.17, 15) is 0 Å². The molecule has 0 heterocycles. The van der Waals surface area contributed by atoms with Gasteiger partial charge in [-0.1, -0.05) is 0 Å². The molecule has 0 aliphatic heterocycles. The largest absolute Gasteiger partial charge is 0.329 e. The molecule has 0 fully saturated rings. The van der Waals surface area contributed by atoms with Crippen molar-refractivity contribution in [2.24, 2.45) is 11.5 Å². The molecule has 0 aliphatic carbocycles. The Morgan fingerprint density at radius 2 is 1.08 bits per heavy atom. The first kappa shape index (κ1) is 14.3. The molecule has 0 radical (unpaired) electrons. The molecule has 12 heavy (non-hydrogen) atoms. The van der Waals surface area contributed by atoms with Crippen LogP contribution in [0, 0.1) is 0 Å². The first-order valence-electron chi connectivity index (χ1n) is 3.93. The Hall–Kier alpha value is -0.240. The Labute approximate surface area is 72.9 Å². The van der Waals surface area contributed by atoms with Crippen molar-refractivity contribution >= 4 is 0 Å². The van der Waals surface area contributed by atoms with Crippen molar-refractivity contribution in [1.29, 1.82) is 0 Å². The molecule has 0 aromatic carbocycles. The molecule has 0 unspecified atom stereocenters. The maximum atomic E-state index is 6.00. The molecule has 6 heteroatoms. The van der Waals surface area contributed by atoms with Crippen molar-refractivity contribution in [1.82, 2.24) is 10.6 Å². The van der Waals surface area contributed by atoms with Gasteiger partial charge in [0.05, 0.1) is 0 Å². The molecule has 0 amide bonds. The molecule has 0 spiro atoms. The predicted octanol–water partition coefficient (Wildman–Crippen LogP) is -1.90.